The summed E-state index contributed by atoms with van der Waals surface area (Å²) in [6, 6.07) is 16.9. The Kier molecular flexibility index (Phi) is 6.98. The third-order valence-corrected chi connectivity index (χ3v) is 8.22. The van der Waals surface area contributed by atoms with Crippen LogP contribution in [0.1, 0.15) is 36.8 Å². The summed E-state index contributed by atoms with van der Waals surface area (Å²) in [5.41, 5.74) is 1.52. The highest BCUT2D eigenvalue weighted by molar-refractivity contribution is 7.89. The third-order valence-electron chi connectivity index (χ3n) is 6.78. The third kappa shape index (κ3) is 4.90. The van der Waals surface area contributed by atoms with Gasteiger partial charge in [-0.15, -0.1) is 0 Å². The van der Waals surface area contributed by atoms with Crippen molar-refractivity contribution in [3.63, 3.8) is 0 Å². The van der Waals surface area contributed by atoms with Crippen molar-refractivity contribution in [2.45, 2.75) is 42.9 Å². The molecule has 2 aromatic rings. The van der Waals surface area contributed by atoms with Crippen molar-refractivity contribution in [3.05, 3.63) is 65.7 Å². The van der Waals surface area contributed by atoms with Crippen LogP contribution in [0.15, 0.2) is 59.5 Å². The molecule has 4 rings (SSSR count). The zero-order chi connectivity index (χ0) is 22.6. The number of rotatable bonds is 6. The number of likely N-dealkylation sites (tertiary alicyclic amines) is 1. The number of piperidine rings is 1. The number of amides is 1. The number of carbonyl (C=O) groups excluding carboxylic acids is 1. The molecule has 1 amide bonds. The quantitative estimate of drug-likeness (QED) is 0.724. The topological polar surface area (TPSA) is 75.7 Å². The van der Waals surface area contributed by atoms with Crippen molar-refractivity contribution < 1.29 is 17.9 Å². The number of carbonyl (C=O) groups is 1. The molecule has 0 aliphatic carbocycles. The van der Waals surface area contributed by atoms with E-state index in [1.165, 1.54) is 0 Å². The van der Waals surface area contributed by atoms with E-state index >= 15 is 0 Å². The summed E-state index contributed by atoms with van der Waals surface area (Å²) in [4.78, 5) is 16.0. The highest BCUT2D eigenvalue weighted by Crippen LogP contribution is 2.37. The summed E-state index contributed by atoms with van der Waals surface area (Å²) in [5.74, 6) is 0.249. The molecular weight excluding hydrogens is 424 g/mol. The van der Waals surface area contributed by atoms with Gasteiger partial charge in [0.25, 0.3) is 0 Å². The van der Waals surface area contributed by atoms with Gasteiger partial charge in [0.15, 0.2) is 0 Å². The summed E-state index contributed by atoms with van der Waals surface area (Å²) < 4.78 is 33.7. The van der Waals surface area contributed by atoms with Gasteiger partial charge in [0.05, 0.1) is 10.3 Å². The maximum atomic E-state index is 13.8. The van der Waals surface area contributed by atoms with Gasteiger partial charge in [0.2, 0.25) is 15.9 Å². The van der Waals surface area contributed by atoms with E-state index in [0.29, 0.717) is 39.1 Å². The van der Waals surface area contributed by atoms with Crippen LogP contribution in [-0.2, 0) is 25.0 Å². The second kappa shape index (κ2) is 9.73. The first-order valence-corrected chi connectivity index (χ1v) is 12.9. The number of hydrogen-bond donors (Lipinski definition) is 1. The monoisotopic (exact) mass is 456 g/mol. The molecule has 6 nitrogen and oxygen atoms in total. The van der Waals surface area contributed by atoms with Gasteiger partial charge < -0.3 is 9.64 Å². The van der Waals surface area contributed by atoms with E-state index in [2.05, 4.69) is 4.72 Å². The lowest BCUT2D eigenvalue weighted by Gasteiger charge is -2.42. The van der Waals surface area contributed by atoms with Crippen molar-refractivity contribution in [3.8, 4) is 0 Å². The summed E-state index contributed by atoms with van der Waals surface area (Å²) in [6.45, 7) is 4.71. The summed E-state index contributed by atoms with van der Waals surface area (Å²) >= 11 is 0. The molecule has 172 valence electrons. The molecule has 2 aromatic carbocycles. The van der Waals surface area contributed by atoms with Crippen LogP contribution >= 0.6 is 0 Å². The normalized spacial score (nSPS) is 21.3. The number of benzene rings is 2. The molecule has 2 saturated heterocycles. The standard InChI is InChI=1S/C25H32N2O4S/c1-20-9-11-23(12-10-20)32(29,30)26-18-21-6-5-15-27(19-21)24(28)25(13-16-31-17-14-25)22-7-3-2-4-8-22/h2-4,7-12,21,26H,5-6,13-19H2,1H3. The molecule has 7 heteroatoms. The molecule has 1 unspecified atom stereocenters. The summed E-state index contributed by atoms with van der Waals surface area (Å²) in [6.07, 6.45) is 3.14. The van der Waals surface area contributed by atoms with E-state index in [1.54, 1.807) is 24.3 Å². The molecule has 0 aromatic heterocycles. The second-order valence-corrected chi connectivity index (χ2v) is 10.8. The molecule has 2 heterocycles. The van der Waals surface area contributed by atoms with Crippen molar-refractivity contribution in [1.82, 2.24) is 9.62 Å². The number of hydrogen-bond acceptors (Lipinski definition) is 4. The second-order valence-electron chi connectivity index (χ2n) is 8.98. The van der Waals surface area contributed by atoms with E-state index in [-0.39, 0.29) is 16.7 Å². The van der Waals surface area contributed by atoms with Crippen LogP contribution in [0.2, 0.25) is 0 Å². The molecule has 0 spiro atoms. The first kappa shape index (κ1) is 23.0. The van der Waals surface area contributed by atoms with E-state index in [1.807, 2.05) is 42.2 Å². The van der Waals surface area contributed by atoms with Gasteiger partial charge in [-0.3, -0.25) is 4.79 Å². The highest BCUT2D eigenvalue weighted by Gasteiger charge is 2.44. The number of nitrogens with one attached hydrogen (secondary N) is 1. The maximum absolute atomic E-state index is 13.8. The number of ether oxygens (including phenoxy) is 1. The minimum atomic E-state index is -3.56. The minimum absolute atomic E-state index is 0.0978. The van der Waals surface area contributed by atoms with Crippen LogP contribution in [0.4, 0.5) is 0 Å². The number of aryl methyl sites for hydroxylation is 1. The SMILES string of the molecule is Cc1ccc(S(=O)(=O)NCC2CCCN(C(=O)C3(c4ccccc4)CCOCC3)C2)cc1. The van der Waals surface area contributed by atoms with Gasteiger partial charge in [-0.05, 0) is 56.2 Å². The Morgan fingerprint density at radius 3 is 2.47 bits per heavy atom. The van der Waals surface area contributed by atoms with Crippen LogP contribution < -0.4 is 4.72 Å². The van der Waals surface area contributed by atoms with Crippen LogP contribution in [0.5, 0.6) is 0 Å². The zero-order valence-corrected chi connectivity index (χ0v) is 19.4. The van der Waals surface area contributed by atoms with Crippen molar-refractivity contribution in [2.75, 3.05) is 32.8 Å². The van der Waals surface area contributed by atoms with Gasteiger partial charge in [-0.2, -0.15) is 0 Å². The van der Waals surface area contributed by atoms with Crippen LogP contribution in [0.25, 0.3) is 0 Å². The molecule has 0 bridgehead atoms. The molecule has 1 N–H and O–H groups in total. The Morgan fingerprint density at radius 1 is 1.09 bits per heavy atom. The van der Waals surface area contributed by atoms with Crippen molar-refractivity contribution >= 4 is 15.9 Å². The van der Waals surface area contributed by atoms with Gasteiger partial charge in [-0.25, -0.2) is 13.1 Å². The fraction of sp³-hybridized carbons (Fsp3) is 0.480. The van der Waals surface area contributed by atoms with Gasteiger partial charge in [0.1, 0.15) is 0 Å². The lowest BCUT2D eigenvalue weighted by atomic mass is 9.72. The molecule has 0 saturated carbocycles. The molecule has 0 radical (unpaired) electrons. The Hall–Kier alpha value is -2.22. The molecule has 2 fully saturated rings. The average Bonchev–Trinajstić information content (AvgIpc) is 2.84. The molecule has 2 aliphatic rings. The van der Waals surface area contributed by atoms with Crippen molar-refractivity contribution in [2.24, 2.45) is 5.92 Å². The molecule has 2 aliphatic heterocycles. The fourth-order valence-corrected chi connectivity index (χ4v) is 5.97. The van der Waals surface area contributed by atoms with E-state index in [0.717, 1.165) is 30.5 Å². The molecule has 32 heavy (non-hydrogen) atoms. The lowest BCUT2D eigenvalue weighted by molar-refractivity contribution is -0.143. The van der Waals surface area contributed by atoms with Gasteiger partial charge >= 0.3 is 0 Å². The molecular formula is C25H32N2O4S. The van der Waals surface area contributed by atoms with Crippen LogP contribution in [0, 0.1) is 12.8 Å². The highest BCUT2D eigenvalue weighted by atomic mass is 32.2. The molecule has 1 atom stereocenters. The summed E-state index contributed by atoms with van der Waals surface area (Å²) in [7, 11) is -3.56. The van der Waals surface area contributed by atoms with Gasteiger partial charge in [0, 0.05) is 32.8 Å². The number of sulfonamides is 1. The minimum Gasteiger partial charge on any atom is -0.381 e. The van der Waals surface area contributed by atoms with E-state index in [9.17, 15) is 13.2 Å². The van der Waals surface area contributed by atoms with E-state index < -0.39 is 15.4 Å². The van der Waals surface area contributed by atoms with Crippen molar-refractivity contribution in [1.29, 1.82) is 0 Å². The lowest BCUT2D eigenvalue weighted by Crippen LogP contribution is -2.53. The predicted molar refractivity (Wildman–Crippen MR) is 124 cm³/mol. The maximum Gasteiger partial charge on any atom is 0.240 e. The predicted octanol–water partition coefficient (Wildman–Crippen LogP) is 3.26. The number of nitrogens with zero attached hydrogens (tertiary/aromatic N) is 1. The smallest absolute Gasteiger partial charge is 0.240 e. The first-order chi connectivity index (χ1) is 15.4. The van der Waals surface area contributed by atoms with Crippen LogP contribution in [-0.4, -0.2) is 52.1 Å². The zero-order valence-electron chi connectivity index (χ0n) is 18.6. The van der Waals surface area contributed by atoms with Gasteiger partial charge in [-0.1, -0.05) is 48.0 Å². The first-order valence-electron chi connectivity index (χ1n) is 11.4. The Labute approximate surface area is 191 Å². The Bertz CT molecular complexity index is 1020. The summed E-state index contributed by atoms with van der Waals surface area (Å²) in [5, 5.41) is 0. The Morgan fingerprint density at radius 2 is 1.78 bits per heavy atom. The Balaban J connectivity index is 1.45. The van der Waals surface area contributed by atoms with E-state index in [4.69, 9.17) is 4.74 Å². The van der Waals surface area contributed by atoms with Crippen LogP contribution in [0.3, 0.4) is 0 Å². The largest absolute Gasteiger partial charge is 0.381 e. The fourth-order valence-electron chi connectivity index (χ4n) is 4.85. The average molecular weight is 457 g/mol.